The molecule has 0 N–H and O–H groups in total. The Kier molecular flexibility index (Phi) is 11.0. The van der Waals surface area contributed by atoms with E-state index < -0.39 is 31.4 Å². The second kappa shape index (κ2) is 15.4. The van der Waals surface area contributed by atoms with Crippen LogP contribution in [0.25, 0.3) is 22.3 Å². The summed E-state index contributed by atoms with van der Waals surface area (Å²) in [4.78, 5) is 24.0. The average molecular weight is 732 g/mol. The molecule has 0 spiro atoms. The third-order valence-electron chi connectivity index (χ3n) is 7.41. The van der Waals surface area contributed by atoms with Gasteiger partial charge in [0.25, 0.3) is 10.9 Å². The number of hydrogen-bond acceptors (Lipinski definition) is 15. The van der Waals surface area contributed by atoms with Crippen molar-refractivity contribution < 1.29 is 50.4 Å². The van der Waals surface area contributed by atoms with Crippen LogP contribution >= 0.6 is 10.9 Å². The lowest BCUT2D eigenvalue weighted by molar-refractivity contribution is -0.384. The van der Waals surface area contributed by atoms with Gasteiger partial charge in [0.1, 0.15) is 27.4 Å². The number of methoxy groups -OCH3 is 5. The maximum atomic E-state index is 14.0. The minimum absolute atomic E-state index is 0.0679. The predicted octanol–water partition coefficient (Wildman–Crippen LogP) is 5.29. The summed E-state index contributed by atoms with van der Waals surface area (Å²) < 4.78 is 70.6. The van der Waals surface area contributed by atoms with Crippen molar-refractivity contribution in [2.24, 2.45) is 10.2 Å². The summed E-state index contributed by atoms with van der Waals surface area (Å²) in [5.41, 5.74) is 1.39. The fourth-order valence-electron chi connectivity index (χ4n) is 4.96. The molecule has 0 saturated heterocycles. The van der Waals surface area contributed by atoms with Crippen LogP contribution in [-0.2, 0) is 14.3 Å². The molecule has 0 amide bonds. The highest BCUT2D eigenvalue weighted by Crippen LogP contribution is 2.44. The van der Waals surface area contributed by atoms with Crippen molar-refractivity contribution in [1.82, 2.24) is 0 Å². The van der Waals surface area contributed by atoms with Crippen LogP contribution in [0, 0.1) is 10.1 Å². The van der Waals surface area contributed by atoms with E-state index in [-0.39, 0.29) is 50.6 Å². The number of hydrogen-bond donors (Lipinski definition) is 1. The Bertz CT molecular complexity index is 2110. The van der Waals surface area contributed by atoms with E-state index in [1.807, 2.05) is 0 Å². The topological polar surface area (TPSA) is 197 Å². The lowest BCUT2D eigenvalue weighted by atomic mass is 10.1. The fourth-order valence-corrected chi connectivity index (χ4v) is 7.74. The van der Waals surface area contributed by atoms with Crippen LogP contribution < -0.4 is 33.8 Å². The lowest BCUT2D eigenvalue weighted by Crippen LogP contribution is -2.15. The van der Waals surface area contributed by atoms with Gasteiger partial charge in [-0.3, -0.25) is 14.9 Å². The molecule has 50 heavy (non-hydrogen) atoms. The molecule has 4 aromatic rings. The molecule has 2 heterocycles. The Hall–Kier alpha value is -5.49. The molecule has 1 aliphatic heterocycles. The number of thiol groups is 1. The molecule has 266 valence electrons. The Morgan fingerprint density at radius 1 is 0.860 bits per heavy atom. The van der Waals surface area contributed by atoms with Gasteiger partial charge >= 0.3 is 10.1 Å². The first kappa shape index (κ1) is 35.8. The first-order valence-electron chi connectivity index (χ1n) is 14.8. The van der Waals surface area contributed by atoms with Crippen LogP contribution in [0.1, 0.15) is 12.8 Å². The van der Waals surface area contributed by atoms with Gasteiger partial charge in [-0.1, -0.05) is 0 Å². The Labute approximate surface area is 288 Å². The summed E-state index contributed by atoms with van der Waals surface area (Å²) in [5.74, 6) is 2.12. The zero-order valence-corrected chi connectivity index (χ0v) is 29.2. The van der Waals surface area contributed by atoms with Gasteiger partial charge in [-0.25, -0.2) is 0 Å². The van der Waals surface area contributed by atoms with Gasteiger partial charge in [-0.05, 0) is 42.9 Å². The zero-order valence-electron chi connectivity index (χ0n) is 27.5. The molecule has 18 heteroatoms. The van der Waals surface area contributed by atoms with Crippen molar-refractivity contribution in [1.29, 1.82) is 0 Å². The second-order valence-corrected chi connectivity index (χ2v) is 13.9. The second-order valence-electron chi connectivity index (χ2n) is 10.4. The third-order valence-corrected chi connectivity index (χ3v) is 10.6. The molecule has 1 unspecified atom stereocenters. The van der Waals surface area contributed by atoms with Gasteiger partial charge < -0.3 is 37.0 Å². The monoisotopic (exact) mass is 731 g/mol. The SMILES string of the molecule is COc1cc(OC)c2c(=O)c(OCCCC[SH]3C=NN=C3OS(=O)(=O)c3ccc([N+](=O)[O-])cc3)c(-c3cc(OC)c(OC)c(OC)c3)oc2c1. The van der Waals surface area contributed by atoms with E-state index in [1.165, 1.54) is 41.1 Å². The molecular formula is C32H33N3O13S2. The molecule has 16 nitrogen and oxygen atoms in total. The minimum Gasteiger partial charge on any atom is -0.496 e. The van der Waals surface area contributed by atoms with E-state index in [0.717, 1.165) is 24.3 Å². The molecule has 0 bridgehead atoms. The lowest BCUT2D eigenvalue weighted by Gasteiger charge is -2.17. The number of rotatable bonds is 15. The standard InChI is InChI=1S/C32H33N3O13S2/c1-41-21-16-23(42-2)27-24(17-21)47-29(19-14-25(43-3)30(45-5)26(15-19)44-4)31(28(27)36)46-12-6-7-13-49-18-33-34-32(49)48-50(39,40)22-10-8-20(9-11-22)35(37)38/h8-11,14-18,49H,6-7,12-13H2,1-5H3. The van der Waals surface area contributed by atoms with Crippen LogP contribution in [-0.4, -0.2) is 72.0 Å². The number of benzene rings is 3. The number of nitrogens with zero attached hydrogens (tertiary/aromatic N) is 3. The first-order chi connectivity index (χ1) is 24.0. The van der Waals surface area contributed by atoms with Crippen molar-refractivity contribution >= 4 is 48.4 Å². The fraction of sp³-hybridized carbons (Fsp3) is 0.281. The van der Waals surface area contributed by atoms with Gasteiger partial charge in [-0.15, -0.1) is 21.1 Å². The van der Waals surface area contributed by atoms with Gasteiger partial charge in [-0.2, -0.15) is 8.42 Å². The van der Waals surface area contributed by atoms with Gasteiger partial charge in [0.05, 0.1) is 52.6 Å². The molecule has 0 fully saturated rings. The van der Waals surface area contributed by atoms with Crippen LogP contribution in [0.2, 0.25) is 0 Å². The highest BCUT2D eigenvalue weighted by molar-refractivity contribution is 8.40. The van der Waals surface area contributed by atoms with Crippen molar-refractivity contribution in [2.75, 3.05) is 47.9 Å². The summed E-state index contributed by atoms with van der Waals surface area (Å²) in [5, 5.41) is 18.7. The van der Waals surface area contributed by atoms with E-state index in [1.54, 1.807) is 24.3 Å². The van der Waals surface area contributed by atoms with Crippen LogP contribution in [0.15, 0.2) is 72.8 Å². The number of nitro groups is 1. The maximum Gasteiger partial charge on any atom is 0.341 e. The number of nitro benzene ring substituents is 1. The maximum absolute atomic E-state index is 14.0. The summed E-state index contributed by atoms with van der Waals surface area (Å²) in [6.07, 6.45) is 0.970. The highest BCUT2D eigenvalue weighted by Gasteiger charge is 2.27. The molecule has 1 aliphatic rings. The van der Waals surface area contributed by atoms with Gasteiger partial charge in [0.15, 0.2) is 17.3 Å². The van der Waals surface area contributed by atoms with Crippen LogP contribution in [0.4, 0.5) is 5.69 Å². The summed E-state index contributed by atoms with van der Waals surface area (Å²) in [7, 11) is 1.70. The van der Waals surface area contributed by atoms with Gasteiger partial charge in [0.2, 0.25) is 16.9 Å². The zero-order chi connectivity index (χ0) is 36.0. The summed E-state index contributed by atoms with van der Waals surface area (Å²) in [6.45, 7) is 0.0842. The summed E-state index contributed by atoms with van der Waals surface area (Å²) >= 11 is 0. The molecule has 0 radical (unpaired) electrons. The average Bonchev–Trinajstić information content (AvgIpc) is 3.56. The van der Waals surface area contributed by atoms with E-state index in [0.29, 0.717) is 47.2 Å². The molecular weight excluding hydrogens is 698 g/mol. The largest absolute Gasteiger partial charge is 0.496 e. The molecule has 1 atom stereocenters. The van der Waals surface area contributed by atoms with Crippen LogP contribution in [0.3, 0.4) is 0 Å². The number of ether oxygens (including phenoxy) is 6. The highest BCUT2D eigenvalue weighted by atomic mass is 32.2. The molecule has 0 aliphatic carbocycles. The Morgan fingerprint density at radius 2 is 1.54 bits per heavy atom. The van der Waals surface area contributed by atoms with E-state index >= 15 is 0 Å². The van der Waals surface area contributed by atoms with E-state index in [4.69, 9.17) is 37.0 Å². The van der Waals surface area contributed by atoms with Crippen LogP contribution in [0.5, 0.6) is 34.5 Å². The van der Waals surface area contributed by atoms with Crippen molar-refractivity contribution in [2.45, 2.75) is 17.7 Å². The molecule has 1 aromatic heterocycles. The minimum atomic E-state index is -4.30. The summed E-state index contributed by atoms with van der Waals surface area (Å²) in [6, 6.07) is 10.7. The first-order valence-corrected chi connectivity index (χ1v) is 17.8. The molecule has 0 saturated carbocycles. The predicted molar refractivity (Wildman–Crippen MR) is 187 cm³/mol. The Morgan fingerprint density at radius 3 is 2.14 bits per heavy atom. The molecule has 3 aromatic carbocycles. The Balaban J connectivity index is 1.35. The molecule has 5 rings (SSSR count). The van der Waals surface area contributed by atoms with E-state index in [9.17, 15) is 23.3 Å². The van der Waals surface area contributed by atoms with Crippen molar-refractivity contribution in [3.63, 3.8) is 0 Å². The quantitative estimate of drug-likeness (QED) is 0.0545. The number of fused-ring (bicyclic) bond motifs is 1. The van der Waals surface area contributed by atoms with Crippen molar-refractivity contribution in [3.8, 4) is 45.8 Å². The number of non-ortho nitro benzene ring substituents is 1. The van der Waals surface area contributed by atoms with E-state index in [2.05, 4.69) is 10.2 Å². The van der Waals surface area contributed by atoms with Crippen molar-refractivity contribution in [3.05, 3.63) is 68.9 Å². The third kappa shape index (κ3) is 7.40. The normalized spacial score (nSPS) is 14.6. The number of unbranched alkanes of at least 4 members (excludes halogenated alkanes) is 1. The van der Waals surface area contributed by atoms with Gasteiger partial charge in [0, 0.05) is 29.8 Å². The smallest absolute Gasteiger partial charge is 0.341 e.